The Morgan fingerprint density at radius 3 is 2.70 bits per heavy atom. The molecule has 0 radical (unpaired) electrons. The minimum absolute atomic E-state index is 0. The highest BCUT2D eigenvalue weighted by Gasteiger charge is 2.39. The molecule has 0 aliphatic heterocycles. The van der Waals surface area contributed by atoms with E-state index in [-0.39, 0.29) is 25.4 Å². The average molecular weight is 458 g/mol. The van der Waals surface area contributed by atoms with E-state index < -0.39 is 10.8 Å². The number of carbonyl (C=O) groups is 1. The molecule has 1 atom stereocenters. The molecular weight excluding hydrogens is 422 g/mol. The summed E-state index contributed by atoms with van der Waals surface area (Å²) in [5.74, 6) is 2.09. The highest BCUT2D eigenvalue weighted by atomic mass is 35.5. The van der Waals surface area contributed by atoms with Crippen LogP contribution in [0.1, 0.15) is 69.2 Å². The van der Waals surface area contributed by atoms with E-state index in [1.165, 1.54) is 44.9 Å². The number of nitrogens with one attached hydrogen (secondary N) is 1. The predicted octanol–water partition coefficient (Wildman–Crippen LogP) is 4.58. The molecule has 30 heavy (non-hydrogen) atoms. The van der Waals surface area contributed by atoms with Crippen LogP contribution in [-0.2, 0) is 10.8 Å². The highest BCUT2D eigenvalue weighted by molar-refractivity contribution is 7.84. The van der Waals surface area contributed by atoms with Gasteiger partial charge in [-0.3, -0.25) is 9.00 Å². The Labute approximate surface area is 188 Å². The molecular formula is C23H36ClNO4S. The van der Waals surface area contributed by atoms with Crippen molar-refractivity contribution in [2.24, 2.45) is 11.3 Å². The lowest BCUT2D eigenvalue weighted by molar-refractivity contribution is 0.0681. The van der Waals surface area contributed by atoms with Crippen LogP contribution in [0.3, 0.4) is 0 Å². The summed E-state index contributed by atoms with van der Waals surface area (Å²) in [6.07, 6.45) is 9.38. The van der Waals surface area contributed by atoms with E-state index in [9.17, 15) is 9.00 Å². The van der Waals surface area contributed by atoms with Crippen LogP contribution in [0.15, 0.2) is 18.2 Å². The van der Waals surface area contributed by atoms with Gasteiger partial charge in [0.1, 0.15) is 5.75 Å². The summed E-state index contributed by atoms with van der Waals surface area (Å²) in [6, 6.07) is 5.06. The first kappa shape index (κ1) is 25.2. The van der Waals surface area contributed by atoms with Gasteiger partial charge in [0.05, 0.1) is 22.9 Å². The van der Waals surface area contributed by atoms with Crippen LogP contribution in [0.4, 0.5) is 0 Å². The maximum atomic E-state index is 12.8. The van der Waals surface area contributed by atoms with E-state index in [0.717, 1.165) is 5.92 Å². The average Bonchev–Trinajstić information content (AvgIpc) is 2.72. The summed E-state index contributed by atoms with van der Waals surface area (Å²) in [7, 11) is -1.01. The van der Waals surface area contributed by atoms with Crippen molar-refractivity contribution < 1.29 is 18.8 Å². The Morgan fingerprint density at radius 2 is 2.00 bits per heavy atom. The third kappa shape index (κ3) is 6.96. The monoisotopic (exact) mass is 457 g/mol. The molecule has 1 amide bonds. The van der Waals surface area contributed by atoms with Crippen LogP contribution in [-0.4, -0.2) is 46.5 Å². The van der Waals surface area contributed by atoms with Gasteiger partial charge >= 0.3 is 0 Å². The number of carbonyl (C=O) groups excluding carboxylic acids is 1. The van der Waals surface area contributed by atoms with Crippen molar-refractivity contribution in [3.8, 4) is 5.75 Å². The fraction of sp³-hybridized carbons (Fsp3) is 0.696. The van der Waals surface area contributed by atoms with Gasteiger partial charge in [-0.15, -0.1) is 0 Å². The first-order valence-electron chi connectivity index (χ1n) is 10.7. The second kappa shape index (κ2) is 12.1. The fourth-order valence-electron chi connectivity index (χ4n) is 4.78. The topological polar surface area (TPSA) is 75.6 Å². The van der Waals surface area contributed by atoms with E-state index in [2.05, 4.69) is 5.32 Å². The largest absolute Gasteiger partial charge is 0.493 e. The number of ether oxygens (including phenoxy) is 1. The summed E-state index contributed by atoms with van der Waals surface area (Å²) in [6.45, 7) is 1.06. The molecule has 2 saturated carbocycles. The lowest BCUT2D eigenvalue weighted by Crippen LogP contribution is -2.43. The van der Waals surface area contributed by atoms with Gasteiger partial charge in [0.15, 0.2) is 0 Å². The van der Waals surface area contributed by atoms with E-state index >= 15 is 0 Å². The molecule has 1 aromatic rings. The summed E-state index contributed by atoms with van der Waals surface area (Å²) < 4.78 is 17.4. The van der Waals surface area contributed by atoms with Crippen LogP contribution in [0, 0.1) is 11.3 Å². The Morgan fingerprint density at radius 1 is 1.27 bits per heavy atom. The molecule has 2 aliphatic carbocycles. The Kier molecular flexibility index (Phi) is 10.1. The molecule has 1 aromatic carbocycles. The van der Waals surface area contributed by atoms with E-state index in [4.69, 9.17) is 21.4 Å². The van der Waals surface area contributed by atoms with Crippen molar-refractivity contribution >= 4 is 28.3 Å². The molecule has 2 fully saturated rings. The zero-order chi connectivity index (χ0) is 20.7. The van der Waals surface area contributed by atoms with Crippen molar-refractivity contribution in [2.75, 3.05) is 31.3 Å². The van der Waals surface area contributed by atoms with Crippen molar-refractivity contribution in [3.05, 3.63) is 28.8 Å². The van der Waals surface area contributed by atoms with Crippen molar-refractivity contribution in [3.63, 3.8) is 0 Å². The van der Waals surface area contributed by atoms with Gasteiger partial charge < -0.3 is 15.2 Å². The highest BCUT2D eigenvalue weighted by Crippen LogP contribution is 2.48. The number of benzene rings is 1. The molecule has 0 heterocycles. The molecule has 5 nitrogen and oxygen atoms in total. The molecule has 0 saturated heterocycles. The maximum absolute atomic E-state index is 12.8. The second-order valence-corrected chi connectivity index (χ2v) is 10.6. The van der Waals surface area contributed by atoms with Crippen LogP contribution >= 0.6 is 11.6 Å². The van der Waals surface area contributed by atoms with Crippen LogP contribution in [0.5, 0.6) is 5.75 Å². The molecule has 0 aromatic heterocycles. The number of aliphatic hydroxyl groups is 1. The molecule has 2 N–H and O–H groups in total. The SMILES string of the molecule is C.O=C(NCC12CCCC(CCC1)C2)c1cc(OCCS(=O)CCCO)ccc1Cl. The Balaban J connectivity index is 0.00000320. The lowest BCUT2D eigenvalue weighted by Gasteiger charge is -2.45. The van der Waals surface area contributed by atoms with Gasteiger partial charge in [-0.1, -0.05) is 44.7 Å². The first-order chi connectivity index (χ1) is 14.0. The smallest absolute Gasteiger partial charge is 0.252 e. The number of hydrogen-bond acceptors (Lipinski definition) is 4. The summed E-state index contributed by atoms with van der Waals surface area (Å²) in [5, 5.41) is 12.3. The first-order valence-corrected chi connectivity index (χ1v) is 12.5. The number of fused-ring (bicyclic) bond motifs is 2. The van der Waals surface area contributed by atoms with Gasteiger partial charge in [0, 0.05) is 29.7 Å². The van der Waals surface area contributed by atoms with Crippen molar-refractivity contribution in [2.45, 2.75) is 58.8 Å². The fourth-order valence-corrected chi connectivity index (χ4v) is 5.91. The number of hydrogen-bond donors (Lipinski definition) is 2. The molecule has 7 heteroatoms. The molecule has 3 rings (SSSR count). The van der Waals surface area contributed by atoms with Gasteiger partial charge in [-0.2, -0.15) is 0 Å². The summed E-state index contributed by atoms with van der Waals surface area (Å²) in [5.41, 5.74) is 0.681. The number of amides is 1. The number of aliphatic hydroxyl groups excluding tert-OH is 1. The molecule has 2 bridgehead atoms. The van der Waals surface area contributed by atoms with E-state index in [0.29, 0.717) is 47.4 Å². The third-order valence-electron chi connectivity index (χ3n) is 6.28. The number of rotatable bonds is 10. The van der Waals surface area contributed by atoms with Gasteiger partial charge in [0.25, 0.3) is 5.91 Å². The minimum atomic E-state index is -1.01. The second-order valence-electron chi connectivity index (χ2n) is 8.45. The zero-order valence-corrected chi connectivity index (χ0v) is 18.5. The maximum Gasteiger partial charge on any atom is 0.252 e. The third-order valence-corrected chi connectivity index (χ3v) is 7.97. The van der Waals surface area contributed by atoms with Gasteiger partial charge in [-0.05, 0) is 55.2 Å². The molecule has 0 spiro atoms. The van der Waals surface area contributed by atoms with Crippen LogP contribution < -0.4 is 10.1 Å². The van der Waals surface area contributed by atoms with Crippen LogP contribution in [0.25, 0.3) is 0 Å². The lowest BCUT2D eigenvalue weighted by atomic mass is 9.62. The van der Waals surface area contributed by atoms with Gasteiger partial charge in [-0.25, -0.2) is 0 Å². The standard InChI is InChI=1S/C22H32ClNO4S.CH4/c23-20-7-6-18(28-11-13-29(27)12-3-10-25)14-19(20)21(26)24-16-22-8-1-4-17(15-22)5-2-9-22;/h6-7,14,17,25H,1-5,8-13,15-16H2,(H,24,26);1H4. The van der Waals surface area contributed by atoms with Crippen LogP contribution in [0.2, 0.25) is 5.02 Å². The normalized spacial score (nSPS) is 23.9. The predicted molar refractivity (Wildman–Crippen MR) is 124 cm³/mol. The van der Waals surface area contributed by atoms with E-state index in [1.54, 1.807) is 18.2 Å². The Bertz CT molecular complexity index is 717. The molecule has 170 valence electrons. The van der Waals surface area contributed by atoms with Gasteiger partial charge in [0.2, 0.25) is 0 Å². The minimum Gasteiger partial charge on any atom is -0.493 e. The summed E-state index contributed by atoms with van der Waals surface area (Å²) in [4.78, 5) is 12.8. The summed E-state index contributed by atoms with van der Waals surface area (Å²) >= 11 is 6.27. The molecule has 2 aliphatic rings. The van der Waals surface area contributed by atoms with E-state index in [1.807, 2.05) is 0 Å². The zero-order valence-electron chi connectivity index (χ0n) is 17.0. The number of halogens is 1. The van der Waals surface area contributed by atoms with Crippen molar-refractivity contribution in [1.82, 2.24) is 5.32 Å². The quantitative estimate of drug-likeness (QED) is 0.539. The molecule has 1 unspecified atom stereocenters. The Hall–Kier alpha value is -1.11. The van der Waals surface area contributed by atoms with Crippen molar-refractivity contribution in [1.29, 1.82) is 0 Å².